The quantitative estimate of drug-likeness (QED) is 0.540. The van der Waals surface area contributed by atoms with E-state index in [1.807, 2.05) is 37.3 Å². The first-order valence-corrected chi connectivity index (χ1v) is 11.4. The molecule has 0 bridgehead atoms. The molecule has 0 atom stereocenters. The Bertz CT molecular complexity index is 1130. The third-order valence-corrected chi connectivity index (χ3v) is 6.57. The molecule has 2 heterocycles. The number of aryl methyl sites for hydroxylation is 1. The Balaban J connectivity index is 1.39. The Morgan fingerprint density at radius 2 is 1.58 bits per heavy atom. The molecule has 6 nitrogen and oxygen atoms in total. The van der Waals surface area contributed by atoms with Gasteiger partial charge in [-0.3, -0.25) is 9.59 Å². The van der Waals surface area contributed by atoms with E-state index in [4.69, 9.17) is 0 Å². The van der Waals surface area contributed by atoms with Gasteiger partial charge in [0.2, 0.25) is 0 Å². The number of carbonyl (C=O) groups is 2. The molecule has 1 aromatic heterocycles. The zero-order valence-electron chi connectivity index (χ0n) is 18.0. The SMILES string of the molecule is Cc1nc(Cc2ccccc2)sc1C(=O)N1CCN(C(=O)c2ccccc2OC(F)F)CC1. The van der Waals surface area contributed by atoms with Crippen molar-refractivity contribution in [2.75, 3.05) is 26.2 Å². The topological polar surface area (TPSA) is 62.7 Å². The maximum absolute atomic E-state index is 13.1. The molecule has 1 fully saturated rings. The monoisotopic (exact) mass is 471 g/mol. The summed E-state index contributed by atoms with van der Waals surface area (Å²) in [6, 6.07) is 15.9. The van der Waals surface area contributed by atoms with Crippen LogP contribution in [0.25, 0.3) is 0 Å². The van der Waals surface area contributed by atoms with E-state index in [0.29, 0.717) is 43.2 Å². The molecule has 0 unspecified atom stereocenters. The van der Waals surface area contributed by atoms with Crippen LogP contribution < -0.4 is 4.74 Å². The summed E-state index contributed by atoms with van der Waals surface area (Å²) < 4.78 is 29.8. The summed E-state index contributed by atoms with van der Waals surface area (Å²) in [5, 5.41) is 0.881. The van der Waals surface area contributed by atoms with Gasteiger partial charge in [-0.2, -0.15) is 8.78 Å². The first kappa shape index (κ1) is 22.8. The van der Waals surface area contributed by atoms with Crippen LogP contribution in [0.5, 0.6) is 5.75 Å². The minimum Gasteiger partial charge on any atom is -0.434 e. The van der Waals surface area contributed by atoms with Crippen LogP contribution in [-0.2, 0) is 6.42 Å². The number of rotatable bonds is 6. The van der Waals surface area contributed by atoms with E-state index >= 15 is 0 Å². The molecule has 33 heavy (non-hydrogen) atoms. The fourth-order valence-electron chi connectivity index (χ4n) is 3.77. The van der Waals surface area contributed by atoms with E-state index in [9.17, 15) is 18.4 Å². The highest BCUT2D eigenvalue weighted by Crippen LogP contribution is 2.25. The minimum atomic E-state index is -3.01. The zero-order chi connectivity index (χ0) is 23.4. The Hall–Kier alpha value is -3.33. The number of hydrogen-bond acceptors (Lipinski definition) is 5. The average Bonchev–Trinajstić information content (AvgIpc) is 3.18. The number of hydrogen-bond donors (Lipinski definition) is 0. The van der Waals surface area contributed by atoms with Crippen LogP contribution in [0.3, 0.4) is 0 Å². The lowest BCUT2D eigenvalue weighted by molar-refractivity contribution is -0.0503. The van der Waals surface area contributed by atoms with Crippen LogP contribution >= 0.6 is 11.3 Å². The van der Waals surface area contributed by atoms with E-state index in [-0.39, 0.29) is 17.2 Å². The first-order chi connectivity index (χ1) is 15.9. The highest BCUT2D eigenvalue weighted by molar-refractivity contribution is 7.13. The molecule has 9 heteroatoms. The van der Waals surface area contributed by atoms with Crippen LogP contribution in [0.4, 0.5) is 8.78 Å². The number of piperazine rings is 1. The number of para-hydroxylation sites is 1. The molecule has 0 N–H and O–H groups in total. The van der Waals surface area contributed by atoms with Crippen molar-refractivity contribution in [3.63, 3.8) is 0 Å². The first-order valence-electron chi connectivity index (χ1n) is 10.5. The molecule has 172 valence electrons. The van der Waals surface area contributed by atoms with E-state index in [1.54, 1.807) is 15.9 Å². The minimum absolute atomic E-state index is 0.0847. The summed E-state index contributed by atoms with van der Waals surface area (Å²) in [5.74, 6) is -0.641. The third kappa shape index (κ3) is 5.36. The number of ether oxygens (including phenoxy) is 1. The standard InChI is InChI=1S/C24H23F2N3O3S/c1-16-21(33-20(27-16)15-17-7-3-2-4-8-17)23(31)29-13-11-28(12-14-29)22(30)18-9-5-6-10-19(18)32-24(25)26/h2-10,24H,11-15H2,1H3. The number of aromatic nitrogens is 1. The summed E-state index contributed by atoms with van der Waals surface area (Å²) in [5.41, 5.74) is 1.92. The van der Waals surface area contributed by atoms with Gasteiger partial charge < -0.3 is 14.5 Å². The second-order valence-corrected chi connectivity index (χ2v) is 8.73. The maximum Gasteiger partial charge on any atom is 0.387 e. The van der Waals surface area contributed by atoms with Gasteiger partial charge in [-0.25, -0.2) is 4.98 Å². The Morgan fingerprint density at radius 1 is 0.970 bits per heavy atom. The van der Waals surface area contributed by atoms with E-state index < -0.39 is 12.5 Å². The summed E-state index contributed by atoms with van der Waals surface area (Å²) in [6.45, 7) is 0.146. The van der Waals surface area contributed by atoms with Crippen molar-refractivity contribution in [1.82, 2.24) is 14.8 Å². The highest BCUT2D eigenvalue weighted by Gasteiger charge is 2.29. The van der Waals surface area contributed by atoms with Gasteiger partial charge in [0, 0.05) is 32.6 Å². The number of benzene rings is 2. The number of alkyl halides is 2. The largest absolute Gasteiger partial charge is 0.434 e. The van der Waals surface area contributed by atoms with Crippen molar-refractivity contribution < 1.29 is 23.1 Å². The summed E-state index contributed by atoms with van der Waals surface area (Å²) in [6.07, 6.45) is 0.669. The Morgan fingerprint density at radius 3 is 2.24 bits per heavy atom. The summed E-state index contributed by atoms with van der Waals surface area (Å²) in [7, 11) is 0. The van der Waals surface area contributed by atoms with Gasteiger partial charge in [0.1, 0.15) is 10.6 Å². The maximum atomic E-state index is 13.1. The highest BCUT2D eigenvalue weighted by atomic mass is 32.1. The molecule has 2 amide bonds. The summed E-state index contributed by atoms with van der Waals surface area (Å²) >= 11 is 1.40. The van der Waals surface area contributed by atoms with E-state index in [2.05, 4.69) is 9.72 Å². The predicted molar refractivity (Wildman–Crippen MR) is 121 cm³/mol. The molecule has 1 aliphatic rings. The molecule has 0 aliphatic carbocycles. The average molecular weight is 472 g/mol. The number of amides is 2. The van der Waals surface area contributed by atoms with Gasteiger partial charge in [-0.1, -0.05) is 42.5 Å². The van der Waals surface area contributed by atoms with Crippen LogP contribution in [0.1, 0.15) is 36.3 Å². The lowest BCUT2D eigenvalue weighted by Crippen LogP contribution is -2.50. The van der Waals surface area contributed by atoms with Crippen molar-refractivity contribution in [3.05, 3.63) is 81.3 Å². The van der Waals surface area contributed by atoms with Crippen molar-refractivity contribution in [2.24, 2.45) is 0 Å². The third-order valence-electron chi connectivity index (χ3n) is 5.42. The van der Waals surface area contributed by atoms with Crippen LogP contribution in [0, 0.1) is 6.92 Å². The molecule has 2 aromatic carbocycles. The number of nitrogens with zero attached hydrogens (tertiary/aromatic N) is 3. The molecule has 0 saturated carbocycles. The Labute approximate surface area is 194 Å². The van der Waals surface area contributed by atoms with Gasteiger partial charge in [0.15, 0.2) is 0 Å². The molecular formula is C24H23F2N3O3S. The van der Waals surface area contributed by atoms with Gasteiger partial charge in [0.25, 0.3) is 11.8 Å². The van der Waals surface area contributed by atoms with Gasteiger partial charge in [-0.05, 0) is 24.6 Å². The fraction of sp³-hybridized carbons (Fsp3) is 0.292. The van der Waals surface area contributed by atoms with Gasteiger partial charge in [-0.15, -0.1) is 11.3 Å². The molecule has 1 aliphatic heterocycles. The lowest BCUT2D eigenvalue weighted by atomic mass is 10.1. The van der Waals surface area contributed by atoms with Crippen molar-refractivity contribution in [1.29, 1.82) is 0 Å². The molecule has 0 spiro atoms. The van der Waals surface area contributed by atoms with E-state index in [1.165, 1.54) is 29.5 Å². The lowest BCUT2D eigenvalue weighted by Gasteiger charge is -2.34. The van der Waals surface area contributed by atoms with Crippen molar-refractivity contribution >= 4 is 23.2 Å². The normalized spacial score (nSPS) is 13.9. The zero-order valence-corrected chi connectivity index (χ0v) is 18.9. The second-order valence-electron chi connectivity index (χ2n) is 7.64. The smallest absolute Gasteiger partial charge is 0.387 e. The van der Waals surface area contributed by atoms with Crippen LogP contribution in [-0.4, -0.2) is 59.4 Å². The second kappa shape index (κ2) is 10.1. The predicted octanol–water partition coefficient (Wildman–Crippen LogP) is 4.24. The molecular weight excluding hydrogens is 448 g/mol. The fourth-order valence-corrected chi connectivity index (χ4v) is 4.83. The molecule has 0 radical (unpaired) electrons. The number of carbonyl (C=O) groups excluding carboxylic acids is 2. The van der Waals surface area contributed by atoms with Crippen molar-refractivity contribution in [3.8, 4) is 5.75 Å². The molecule has 4 rings (SSSR count). The molecule has 1 saturated heterocycles. The van der Waals surface area contributed by atoms with Gasteiger partial charge in [0.05, 0.1) is 16.3 Å². The Kier molecular flexibility index (Phi) is 6.98. The van der Waals surface area contributed by atoms with Crippen LogP contribution in [0.15, 0.2) is 54.6 Å². The van der Waals surface area contributed by atoms with Crippen LogP contribution in [0.2, 0.25) is 0 Å². The van der Waals surface area contributed by atoms with Crippen molar-refractivity contribution in [2.45, 2.75) is 20.0 Å². The summed E-state index contributed by atoms with van der Waals surface area (Å²) in [4.78, 5) is 34.4. The van der Waals surface area contributed by atoms with E-state index in [0.717, 1.165) is 10.6 Å². The van der Waals surface area contributed by atoms with Gasteiger partial charge >= 0.3 is 6.61 Å². The molecule has 3 aromatic rings. The number of thiazole rings is 1. The number of halogens is 2.